The second-order valence-corrected chi connectivity index (χ2v) is 3.51. The van der Waals surface area contributed by atoms with Crippen LogP contribution in [0.3, 0.4) is 0 Å². The summed E-state index contributed by atoms with van der Waals surface area (Å²) in [5, 5.41) is 0. The predicted molar refractivity (Wildman–Crippen MR) is 57.3 cm³/mol. The SMILES string of the molecule is CCCn1ccnc1C(N)c1ccoc1. The first kappa shape index (κ1) is 9.98. The summed E-state index contributed by atoms with van der Waals surface area (Å²) in [5.41, 5.74) is 7.05. The van der Waals surface area contributed by atoms with Gasteiger partial charge in [-0.2, -0.15) is 0 Å². The Morgan fingerprint density at radius 1 is 1.60 bits per heavy atom. The first-order valence-electron chi connectivity index (χ1n) is 5.11. The lowest BCUT2D eigenvalue weighted by atomic mass is 10.1. The van der Waals surface area contributed by atoms with Crippen LogP contribution in [0.1, 0.15) is 30.8 Å². The van der Waals surface area contributed by atoms with Crippen LogP contribution in [-0.4, -0.2) is 9.55 Å². The molecule has 0 aliphatic rings. The number of rotatable bonds is 4. The van der Waals surface area contributed by atoms with Crippen molar-refractivity contribution in [2.75, 3.05) is 0 Å². The van der Waals surface area contributed by atoms with Gasteiger partial charge in [0.15, 0.2) is 0 Å². The van der Waals surface area contributed by atoms with Gasteiger partial charge in [0.25, 0.3) is 0 Å². The van der Waals surface area contributed by atoms with Crippen molar-refractivity contribution in [3.05, 3.63) is 42.4 Å². The van der Waals surface area contributed by atoms with E-state index in [1.807, 2.05) is 12.3 Å². The van der Waals surface area contributed by atoms with E-state index in [2.05, 4.69) is 16.5 Å². The third-order valence-electron chi connectivity index (χ3n) is 2.39. The lowest BCUT2D eigenvalue weighted by Gasteiger charge is -2.11. The van der Waals surface area contributed by atoms with Crippen molar-refractivity contribution in [1.82, 2.24) is 9.55 Å². The Morgan fingerprint density at radius 2 is 2.47 bits per heavy atom. The van der Waals surface area contributed by atoms with Gasteiger partial charge in [-0.15, -0.1) is 0 Å². The number of hydrogen-bond acceptors (Lipinski definition) is 3. The largest absolute Gasteiger partial charge is 0.472 e. The zero-order valence-electron chi connectivity index (χ0n) is 8.76. The monoisotopic (exact) mass is 205 g/mol. The molecule has 0 saturated heterocycles. The smallest absolute Gasteiger partial charge is 0.130 e. The van der Waals surface area contributed by atoms with Crippen LogP contribution in [0.15, 0.2) is 35.4 Å². The van der Waals surface area contributed by atoms with Crippen molar-refractivity contribution in [3.63, 3.8) is 0 Å². The quantitative estimate of drug-likeness (QED) is 0.829. The maximum atomic E-state index is 6.09. The van der Waals surface area contributed by atoms with Crippen LogP contribution in [0.5, 0.6) is 0 Å². The zero-order valence-corrected chi connectivity index (χ0v) is 8.76. The van der Waals surface area contributed by atoms with Gasteiger partial charge in [-0.3, -0.25) is 0 Å². The highest BCUT2D eigenvalue weighted by Gasteiger charge is 2.14. The van der Waals surface area contributed by atoms with Crippen molar-refractivity contribution in [1.29, 1.82) is 0 Å². The maximum absolute atomic E-state index is 6.09. The second kappa shape index (κ2) is 4.31. The molecule has 0 spiro atoms. The molecule has 0 radical (unpaired) electrons. The molecule has 80 valence electrons. The summed E-state index contributed by atoms with van der Waals surface area (Å²) in [5.74, 6) is 0.887. The molecule has 15 heavy (non-hydrogen) atoms. The number of imidazole rings is 1. The Labute approximate surface area is 88.7 Å². The average Bonchev–Trinajstić information content (AvgIpc) is 2.87. The highest BCUT2D eigenvalue weighted by atomic mass is 16.3. The van der Waals surface area contributed by atoms with Crippen LogP contribution < -0.4 is 5.73 Å². The van der Waals surface area contributed by atoms with Crippen molar-refractivity contribution < 1.29 is 4.42 Å². The molecule has 2 heterocycles. The molecule has 4 heteroatoms. The predicted octanol–water partition coefficient (Wildman–Crippen LogP) is 1.93. The summed E-state index contributed by atoms with van der Waals surface area (Å²) in [6, 6.07) is 1.67. The van der Waals surface area contributed by atoms with Gasteiger partial charge in [0.2, 0.25) is 0 Å². The first-order valence-corrected chi connectivity index (χ1v) is 5.11. The standard InChI is InChI=1S/C11H15N3O/c1-2-5-14-6-4-13-11(14)10(12)9-3-7-15-8-9/h3-4,6-8,10H,2,5,12H2,1H3. The fraction of sp³-hybridized carbons (Fsp3) is 0.364. The highest BCUT2D eigenvalue weighted by Crippen LogP contribution is 2.18. The second-order valence-electron chi connectivity index (χ2n) is 3.51. The summed E-state index contributed by atoms with van der Waals surface area (Å²) in [6.45, 7) is 3.08. The molecule has 0 aliphatic carbocycles. The molecule has 2 N–H and O–H groups in total. The molecule has 0 saturated carbocycles. The number of aromatic nitrogens is 2. The van der Waals surface area contributed by atoms with E-state index in [1.165, 1.54) is 0 Å². The van der Waals surface area contributed by atoms with E-state index < -0.39 is 0 Å². The van der Waals surface area contributed by atoms with E-state index >= 15 is 0 Å². The molecule has 0 bridgehead atoms. The van der Waals surface area contributed by atoms with Crippen LogP contribution in [0.25, 0.3) is 0 Å². The van der Waals surface area contributed by atoms with Gasteiger partial charge in [-0.1, -0.05) is 6.92 Å². The molecule has 2 aromatic heterocycles. The molecule has 1 atom stereocenters. The molecule has 1 unspecified atom stereocenters. The fourth-order valence-corrected chi connectivity index (χ4v) is 1.63. The Hall–Kier alpha value is -1.55. The Morgan fingerprint density at radius 3 is 3.13 bits per heavy atom. The Kier molecular flexibility index (Phi) is 2.87. The van der Waals surface area contributed by atoms with E-state index in [9.17, 15) is 0 Å². The van der Waals surface area contributed by atoms with Crippen LogP contribution in [0, 0.1) is 0 Å². The molecule has 4 nitrogen and oxygen atoms in total. The van der Waals surface area contributed by atoms with E-state index in [-0.39, 0.29) is 6.04 Å². The number of furan rings is 1. The third-order valence-corrected chi connectivity index (χ3v) is 2.39. The van der Waals surface area contributed by atoms with Crippen molar-refractivity contribution in [2.45, 2.75) is 25.9 Å². The Bertz CT molecular complexity index is 405. The average molecular weight is 205 g/mol. The minimum absolute atomic E-state index is 0.203. The molecule has 0 amide bonds. The first-order chi connectivity index (χ1) is 7.33. The number of hydrogen-bond donors (Lipinski definition) is 1. The van der Waals surface area contributed by atoms with Crippen molar-refractivity contribution >= 4 is 0 Å². The molecule has 2 aromatic rings. The molecule has 0 fully saturated rings. The van der Waals surface area contributed by atoms with Gasteiger partial charge in [-0.25, -0.2) is 4.98 Å². The number of nitrogens with two attached hydrogens (primary N) is 1. The highest BCUT2D eigenvalue weighted by molar-refractivity contribution is 5.19. The van der Waals surface area contributed by atoms with Crippen molar-refractivity contribution in [2.24, 2.45) is 5.73 Å². The molecular weight excluding hydrogens is 190 g/mol. The van der Waals surface area contributed by atoms with E-state index in [1.54, 1.807) is 18.7 Å². The van der Waals surface area contributed by atoms with E-state index in [4.69, 9.17) is 10.2 Å². The molecule has 0 aliphatic heterocycles. The number of aryl methyl sites for hydroxylation is 1. The molecule has 0 aromatic carbocycles. The van der Waals surface area contributed by atoms with Crippen LogP contribution >= 0.6 is 0 Å². The van der Waals surface area contributed by atoms with Gasteiger partial charge in [0.1, 0.15) is 5.82 Å². The molecular formula is C11H15N3O. The molecule has 2 rings (SSSR count). The van der Waals surface area contributed by atoms with Gasteiger partial charge in [0.05, 0.1) is 18.6 Å². The normalized spacial score (nSPS) is 12.9. The lowest BCUT2D eigenvalue weighted by molar-refractivity contribution is 0.557. The van der Waals surface area contributed by atoms with Crippen LogP contribution in [0.2, 0.25) is 0 Å². The fourth-order valence-electron chi connectivity index (χ4n) is 1.63. The minimum atomic E-state index is -0.203. The zero-order chi connectivity index (χ0) is 10.7. The van der Waals surface area contributed by atoms with Gasteiger partial charge < -0.3 is 14.7 Å². The topological polar surface area (TPSA) is 57.0 Å². The Balaban J connectivity index is 2.25. The van der Waals surface area contributed by atoms with E-state index in [0.717, 1.165) is 24.4 Å². The van der Waals surface area contributed by atoms with Crippen LogP contribution in [0.4, 0.5) is 0 Å². The van der Waals surface area contributed by atoms with Gasteiger partial charge in [-0.05, 0) is 12.5 Å². The summed E-state index contributed by atoms with van der Waals surface area (Å²) in [4.78, 5) is 4.29. The summed E-state index contributed by atoms with van der Waals surface area (Å²) in [7, 11) is 0. The van der Waals surface area contributed by atoms with Gasteiger partial charge in [0, 0.05) is 24.5 Å². The summed E-state index contributed by atoms with van der Waals surface area (Å²) in [6.07, 6.45) is 8.10. The summed E-state index contributed by atoms with van der Waals surface area (Å²) < 4.78 is 7.10. The minimum Gasteiger partial charge on any atom is -0.472 e. The summed E-state index contributed by atoms with van der Waals surface area (Å²) >= 11 is 0. The number of nitrogens with zero attached hydrogens (tertiary/aromatic N) is 2. The van der Waals surface area contributed by atoms with Crippen molar-refractivity contribution in [3.8, 4) is 0 Å². The van der Waals surface area contributed by atoms with Gasteiger partial charge >= 0.3 is 0 Å². The maximum Gasteiger partial charge on any atom is 0.130 e. The van der Waals surface area contributed by atoms with Crippen LogP contribution in [-0.2, 0) is 6.54 Å². The third kappa shape index (κ3) is 1.94. The van der Waals surface area contributed by atoms with E-state index in [0.29, 0.717) is 0 Å². The lowest BCUT2D eigenvalue weighted by Crippen LogP contribution is -2.17.